The van der Waals surface area contributed by atoms with Gasteiger partial charge in [-0.3, -0.25) is 14.9 Å². The van der Waals surface area contributed by atoms with Crippen LogP contribution in [0.5, 0.6) is 0 Å². The van der Waals surface area contributed by atoms with E-state index in [9.17, 15) is 19.2 Å². The van der Waals surface area contributed by atoms with Crippen molar-refractivity contribution in [3.05, 3.63) is 30.3 Å². The predicted octanol–water partition coefficient (Wildman–Crippen LogP) is 2.31. The number of likely N-dealkylation sites (tertiary alicyclic amines) is 2. The van der Waals surface area contributed by atoms with Crippen molar-refractivity contribution in [1.29, 1.82) is 0 Å². The lowest BCUT2D eigenvalue weighted by molar-refractivity contribution is -0.137. The van der Waals surface area contributed by atoms with Crippen LogP contribution in [0.15, 0.2) is 30.3 Å². The van der Waals surface area contributed by atoms with Gasteiger partial charge >= 0.3 is 12.2 Å². The standard InChI is InChI=1S/C26H39N5O6/c1-25(2,3)21(27)22(33)30-13-12-17-20(30)18(36-24(35)29-16-10-8-7-9-11-16)15-31(17)19(32)14-28-23(34)37-26(4,5)6/h7-11,17-18,20-21H,12-15,27H2,1-6H3,(H,28,34)(H,29,35). The Labute approximate surface area is 218 Å². The molecule has 3 rings (SSSR count). The molecule has 0 radical (unpaired) electrons. The Bertz CT molecular complexity index is 1000. The Morgan fingerprint density at radius 1 is 1.03 bits per heavy atom. The van der Waals surface area contributed by atoms with Crippen molar-refractivity contribution >= 4 is 29.7 Å². The molecule has 1 aromatic rings. The second-order valence-electron chi connectivity index (χ2n) is 11.6. The highest BCUT2D eigenvalue weighted by molar-refractivity contribution is 5.87. The normalized spacial score (nSPS) is 22.2. The van der Waals surface area contributed by atoms with E-state index in [2.05, 4.69) is 10.6 Å². The molecule has 0 saturated carbocycles. The fourth-order valence-electron chi connectivity index (χ4n) is 4.59. The number of nitrogens with zero attached hydrogens (tertiary/aromatic N) is 2. The molecule has 1 aromatic carbocycles. The summed E-state index contributed by atoms with van der Waals surface area (Å²) in [6, 6.07) is 7.16. The number of nitrogens with one attached hydrogen (secondary N) is 2. The number of rotatable bonds is 5. The molecule has 4 N–H and O–H groups in total. The van der Waals surface area contributed by atoms with Crippen molar-refractivity contribution in [3.8, 4) is 0 Å². The molecular weight excluding hydrogens is 478 g/mol. The average Bonchev–Trinajstić information content (AvgIpc) is 3.37. The van der Waals surface area contributed by atoms with Gasteiger partial charge in [0, 0.05) is 12.2 Å². The summed E-state index contributed by atoms with van der Waals surface area (Å²) in [5.74, 6) is -0.608. The lowest BCUT2D eigenvalue weighted by atomic mass is 9.86. The number of ether oxygens (including phenoxy) is 2. The first-order valence-corrected chi connectivity index (χ1v) is 12.5. The summed E-state index contributed by atoms with van der Waals surface area (Å²) >= 11 is 0. The van der Waals surface area contributed by atoms with Crippen LogP contribution in [-0.2, 0) is 19.1 Å². The fraction of sp³-hybridized carbons (Fsp3) is 0.615. The molecule has 2 aliphatic heterocycles. The highest BCUT2D eigenvalue weighted by atomic mass is 16.6. The van der Waals surface area contributed by atoms with Gasteiger partial charge < -0.3 is 30.3 Å². The quantitative estimate of drug-likeness (QED) is 0.544. The molecule has 2 saturated heterocycles. The Hall–Kier alpha value is -3.34. The van der Waals surface area contributed by atoms with Crippen LogP contribution in [0, 0.1) is 5.41 Å². The van der Waals surface area contributed by atoms with Crippen LogP contribution in [-0.4, -0.2) is 83.3 Å². The molecule has 0 aliphatic carbocycles. The lowest BCUT2D eigenvalue weighted by Crippen LogP contribution is -2.55. The third kappa shape index (κ3) is 7.12. The molecule has 4 atom stereocenters. The maximum atomic E-state index is 13.3. The highest BCUT2D eigenvalue weighted by Crippen LogP contribution is 2.35. The first kappa shape index (κ1) is 28.2. The third-order valence-corrected chi connectivity index (χ3v) is 6.44. The van der Waals surface area contributed by atoms with E-state index < -0.39 is 41.4 Å². The van der Waals surface area contributed by atoms with Crippen LogP contribution in [0.2, 0.25) is 0 Å². The van der Waals surface area contributed by atoms with Gasteiger partial charge in [-0.2, -0.15) is 0 Å². The number of fused-ring (bicyclic) bond motifs is 1. The zero-order valence-corrected chi connectivity index (χ0v) is 22.4. The van der Waals surface area contributed by atoms with Crippen LogP contribution in [0.25, 0.3) is 0 Å². The first-order valence-electron chi connectivity index (χ1n) is 12.5. The number of anilines is 1. The zero-order valence-electron chi connectivity index (χ0n) is 22.4. The zero-order chi connectivity index (χ0) is 27.5. The average molecular weight is 518 g/mol. The molecule has 4 amide bonds. The fourth-order valence-corrected chi connectivity index (χ4v) is 4.59. The van der Waals surface area contributed by atoms with E-state index in [0.717, 1.165) is 0 Å². The van der Waals surface area contributed by atoms with Crippen LogP contribution in [0.4, 0.5) is 15.3 Å². The SMILES string of the molecule is CC(C)(C)OC(=O)NCC(=O)N1CC(OC(=O)Nc2ccccc2)C2C1CCN2C(=O)C(N)C(C)(C)C. The monoisotopic (exact) mass is 517 g/mol. The van der Waals surface area contributed by atoms with Crippen LogP contribution in [0.3, 0.4) is 0 Å². The van der Waals surface area contributed by atoms with Gasteiger partial charge in [0.25, 0.3) is 0 Å². The summed E-state index contributed by atoms with van der Waals surface area (Å²) in [5, 5.41) is 5.16. The minimum absolute atomic E-state index is 0.0842. The van der Waals surface area contributed by atoms with Crippen molar-refractivity contribution in [3.63, 3.8) is 0 Å². The predicted molar refractivity (Wildman–Crippen MR) is 138 cm³/mol. The highest BCUT2D eigenvalue weighted by Gasteiger charge is 2.54. The van der Waals surface area contributed by atoms with Gasteiger partial charge in [-0.15, -0.1) is 0 Å². The van der Waals surface area contributed by atoms with Gasteiger partial charge in [-0.1, -0.05) is 39.0 Å². The Morgan fingerprint density at radius 2 is 1.68 bits per heavy atom. The number of amides is 4. The van der Waals surface area contributed by atoms with E-state index >= 15 is 0 Å². The molecule has 2 fully saturated rings. The van der Waals surface area contributed by atoms with E-state index in [-0.39, 0.29) is 30.9 Å². The van der Waals surface area contributed by atoms with Gasteiger partial charge in [0.1, 0.15) is 18.2 Å². The summed E-state index contributed by atoms with van der Waals surface area (Å²) in [7, 11) is 0. The maximum Gasteiger partial charge on any atom is 0.412 e. The number of hydrogen-bond acceptors (Lipinski definition) is 7. The lowest BCUT2D eigenvalue weighted by Gasteiger charge is -2.34. The van der Waals surface area contributed by atoms with Gasteiger partial charge in [-0.05, 0) is 44.7 Å². The Kier molecular flexibility index (Phi) is 8.36. The summed E-state index contributed by atoms with van der Waals surface area (Å²) in [6.45, 7) is 11.0. The maximum absolute atomic E-state index is 13.3. The number of carbonyl (C=O) groups is 4. The van der Waals surface area contributed by atoms with Crippen molar-refractivity contribution < 1.29 is 28.7 Å². The molecule has 0 bridgehead atoms. The summed E-state index contributed by atoms with van der Waals surface area (Å²) in [4.78, 5) is 54.4. The molecule has 0 spiro atoms. The topological polar surface area (TPSA) is 143 Å². The molecular formula is C26H39N5O6. The van der Waals surface area contributed by atoms with Crippen molar-refractivity contribution in [2.24, 2.45) is 11.1 Å². The first-order chi connectivity index (χ1) is 17.2. The van der Waals surface area contributed by atoms with Crippen LogP contribution >= 0.6 is 0 Å². The van der Waals surface area contributed by atoms with Gasteiger partial charge in [0.15, 0.2) is 0 Å². The second-order valence-corrected chi connectivity index (χ2v) is 11.6. The minimum Gasteiger partial charge on any atom is -0.444 e. The molecule has 37 heavy (non-hydrogen) atoms. The number of carbonyl (C=O) groups excluding carboxylic acids is 4. The largest absolute Gasteiger partial charge is 0.444 e. The Balaban J connectivity index is 1.76. The summed E-state index contributed by atoms with van der Waals surface area (Å²) in [6.07, 6.45) is -1.65. The van der Waals surface area contributed by atoms with Crippen molar-refractivity contribution in [2.75, 3.05) is 25.0 Å². The minimum atomic E-state index is -0.766. The van der Waals surface area contributed by atoms with E-state index in [1.54, 1.807) is 54.8 Å². The molecule has 0 aromatic heterocycles. The third-order valence-electron chi connectivity index (χ3n) is 6.44. The number of para-hydroxylation sites is 1. The molecule has 2 heterocycles. The van der Waals surface area contributed by atoms with E-state index in [1.807, 2.05) is 26.8 Å². The summed E-state index contributed by atoms with van der Waals surface area (Å²) in [5.41, 5.74) is 5.67. The number of alkyl carbamates (subject to hydrolysis) is 1. The number of nitrogens with two attached hydrogens (primary N) is 1. The van der Waals surface area contributed by atoms with Crippen LogP contribution < -0.4 is 16.4 Å². The number of hydrogen-bond donors (Lipinski definition) is 3. The molecule has 11 heteroatoms. The van der Waals surface area contributed by atoms with Crippen molar-refractivity contribution in [1.82, 2.24) is 15.1 Å². The molecule has 2 aliphatic rings. The van der Waals surface area contributed by atoms with Gasteiger partial charge in [0.2, 0.25) is 11.8 Å². The molecule has 204 valence electrons. The van der Waals surface area contributed by atoms with Crippen molar-refractivity contribution in [2.45, 2.75) is 77.8 Å². The molecule has 4 unspecified atom stereocenters. The van der Waals surface area contributed by atoms with Gasteiger partial charge in [-0.25, -0.2) is 9.59 Å². The van der Waals surface area contributed by atoms with E-state index in [4.69, 9.17) is 15.2 Å². The second kappa shape index (κ2) is 11.0. The Morgan fingerprint density at radius 3 is 2.27 bits per heavy atom. The van der Waals surface area contributed by atoms with Gasteiger partial charge in [0.05, 0.1) is 24.7 Å². The van der Waals surface area contributed by atoms with Crippen LogP contribution in [0.1, 0.15) is 48.0 Å². The van der Waals surface area contributed by atoms with E-state index in [1.165, 1.54) is 0 Å². The number of benzene rings is 1. The smallest absolute Gasteiger partial charge is 0.412 e. The molecule has 11 nitrogen and oxygen atoms in total. The summed E-state index contributed by atoms with van der Waals surface area (Å²) < 4.78 is 11.0. The van der Waals surface area contributed by atoms with E-state index in [0.29, 0.717) is 18.7 Å².